The molecule has 136 valence electrons. The van der Waals surface area contributed by atoms with Crippen LogP contribution >= 0.6 is 0 Å². The van der Waals surface area contributed by atoms with E-state index in [1.54, 1.807) is 0 Å². The molecule has 1 aliphatic rings. The third-order valence-corrected chi connectivity index (χ3v) is 5.38. The zero-order valence-electron chi connectivity index (χ0n) is 12.5. The molecule has 0 fully saturated rings. The van der Waals surface area contributed by atoms with Gasteiger partial charge in [0.2, 0.25) is 0 Å². The first-order chi connectivity index (χ1) is 11.6. The second-order valence-electron chi connectivity index (χ2n) is 5.42. The van der Waals surface area contributed by atoms with Crippen LogP contribution in [0, 0.1) is 0 Å². The molecule has 25 heavy (non-hydrogen) atoms. The Morgan fingerprint density at radius 2 is 1.96 bits per heavy atom. The van der Waals surface area contributed by atoms with Crippen molar-refractivity contribution in [2.24, 2.45) is 0 Å². The van der Waals surface area contributed by atoms with Crippen molar-refractivity contribution in [3.8, 4) is 0 Å². The Hall–Kier alpha value is -2.41. The van der Waals surface area contributed by atoms with E-state index in [9.17, 15) is 31.2 Å². The Kier molecular flexibility index (Phi) is 4.07. The van der Waals surface area contributed by atoms with Crippen LogP contribution in [0.25, 0.3) is 0 Å². The summed E-state index contributed by atoms with van der Waals surface area (Å²) in [7, 11) is -4.17. The third-order valence-electron chi connectivity index (χ3n) is 3.64. The van der Waals surface area contributed by atoms with Crippen LogP contribution in [0.15, 0.2) is 26.9 Å². The van der Waals surface area contributed by atoms with E-state index in [-0.39, 0.29) is 30.8 Å². The van der Waals surface area contributed by atoms with Gasteiger partial charge in [-0.1, -0.05) is 0 Å². The highest BCUT2D eigenvalue weighted by Gasteiger charge is 2.33. The van der Waals surface area contributed by atoms with Gasteiger partial charge in [0.1, 0.15) is 6.54 Å². The zero-order valence-corrected chi connectivity index (χ0v) is 13.3. The topological polar surface area (TPSA) is 121 Å². The molecule has 0 atom stereocenters. The summed E-state index contributed by atoms with van der Waals surface area (Å²) in [6.45, 7) is -1.74. The van der Waals surface area contributed by atoms with Gasteiger partial charge in [0.15, 0.2) is 5.03 Å². The Morgan fingerprint density at radius 3 is 2.64 bits per heavy atom. The number of sulfonamides is 1. The fraction of sp³-hybridized carbons (Fsp3) is 0.417. The van der Waals surface area contributed by atoms with E-state index in [1.165, 1.54) is 0 Å². The molecule has 0 aliphatic carbocycles. The van der Waals surface area contributed by atoms with Gasteiger partial charge in [0.05, 0.1) is 6.54 Å². The predicted molar refractivity (Wildman–Crippen MR) is 77.3 cm³/mol. The van der Waals surface area contributed by atoms with Crippen molar-refractivity contribution in [3.63, 3.8) is 0 Å². The second kappa shape index (κ2) is 5.84. The number of nitrogens with zero attached hydrogens (tertiary/aromatic N) is 3. The SMILES string of the molecule is O=c1[nH]c2c(c(=O)[nH]1)CCN(S(=O)(=O)c1ccn(CC(F)(F)F)n1)C2. The van der Waals surface area contributed by atoms with E-state index >= 15 is 0 Å². The van der Waals surface area contributed by atoms with Crippen LogP contribution < -0.4 is 11.2 Å². The van der Waals surface area contributed by atoms with Gasteiger partial charge in [0, 0.05) is 24.0 Å². The van der Waals surface area contributed by atoms with Crippen molar-refractivity contribution in [2.75, 3.05) is 6.54 Å². The van der Waals surface area contributed by atoms with Crippen LogP contribution in [-0.2, 0) is 29.5 Å². The maximum atomic E-state index is 12.5. The van der Waals surface area contributed by atoms with Crippen molar-refractivity contribution in [2.45, 2.75) is 30.7 Å². The van der Waals surface area contributed by atoms with E-state index < -0.39 is 39.0 Å². The molecule has 3 heterocycles. The minimum atomic E-state index is -4.53. The lowest BCUT2D eigenvalue weighted by molar-refractivity contribution is -0.142. The Labute approximate surface area is 138 Å². The molecule has 0 saturated carbocycles. The van der Waals surface area contributed by atoms with Gasteiger partial charge >= 0.3 is 11.9 Å². The molecule has 13 heteroatoms. The van der Waals surface area contributed by atoms with E-state index in [0.29, 0.717) is 4.68 Å². The maximum absolute atomic E-state index is 12.5. The lowest BCUT2D eigenvalue weighted by atomic mass is 10.1. The number of nitrogens with one attached hydrogen (secondary N) is 2. The van der Waals surface area contributed by atoms with Gasteiger partial charge in [-0.15, -0.1) is 0 Å². The maximum Gasteiger partial charge on any atom is 0.408 e. The molecule has 2 aromatic heterocycles. The summed E-state index contributed by atoms with van der Waals surface area (Å²) >= 11 is 0. The molecule has 1 aliphatic heterocycles. The van der Waals surface area contributed by atoms with E-state index in [4.69, 9.17) is 0 Å². The molecule has 0 aromatic carbocycles. The molecule has 0 saturated heterocycles. The largest absolute Gasteiger partial charge is 0.408 e. The first-order valence-electron chi connectivity index (χ1n) is 7.01. The van der Waals surface area contributed by atoms with E-state index in [0.717, 1.165) is 16.6 Å². The number of halogens is 3. The molecule has 0 radical (unpaired) electrons. The smallest absolute Gasteiger partial charge is 0.310 e. The van der Waals surface area contributed by atoms with Crippen molar-refractivity contribution in [3.05, 3.63) is 44.4 Å². The number of aromatic amines is 2. The fourth-order valence-corrected chi connectivity index (χ4v) is 3.88. The van der Waals surface area contributed by atoms with Crippen molar-refractivity contribution in [1.29, 1.82) is 0 Å². The molecule has 2 aromatic rings. The summed E-state index contributed by atoms with van der Waals surface area (Å²) in [5.41, 5.74) is -0.936. The van der Waals surface area contributed by atoms with Crippen molar-refractivity contribution < 1.29 is 21.6 Å². The summed E-state index contributed by atoms with van der Waals surface area (Å²) in [6, 6.07) is 0.969. The van der Waals surface area contributed by atoms with E-state index in [2.05, 4.69) is 15.1 Å². The van der Waals surface area contributed by atoms with Crippen LogP contribution in [0.2, 0.25) is 0 Å². The molecule has 3 rings (SSSR count). The Bertz CT molecular complexity index is 1020. The molecule has 9 nitrogen and oxygen atoms in total. The summed E-state index contributed by atoms with van der Waals surface area (Å²) in [5, 5.41) is 2.93. The summed E-state index contributed by atoms with van der Waals surface area (Å²) in [6.07, 6.45) is -3.55. The Morgan fingerprint density at radius 1 is 1.24 bits per heavy atom. The minimum absolute atomic E-state index is 0.0589. The molecule has 0 spiro atoms. The molecule has 0 bridgehead atoms. The van der Waals surface area contributed by atoms with Crippen molar-refractivity contribution in [1.82, 2.24) is 24.1 Å². The third kappa shape index (κ3) is 3.51. The molecular weight excluding hydrogens is 367 g/mol. The summed E-state index contributed by atoms with van der Waals surface area (Å²) < 4.78 is 63.6. The number of rotatable bonds is 3. The summed E-state index contributed by atoms with van der Waals surface area (Å²) in [5.74, 6) is 0. The van der Waals surface area contributed by atoms with Crippen LogP contribution in [0.3, 0.4) is 0 Å². The highest BCUT2D eigenvalue weighted by atomic mass is 32.2. The van der Waals surface area contributed by atoms with Crippen molar-refractivity contribution >= 4 is 10.0 Å². The number of hydrogen-bond donors (Lipinski definition) is 2. The molecular formula is C12H12F3N5O4S. The zero-order chi connectivity index (χ0) is 18.4. The fourth-order valence-electron chi connectivity index (χ4n) is 2.54. The standard InChI is InChI=1S/C12H12F3N5O4S/c13-12(14,15)6-19-3-2-9(18-19)25(23,24)20-4-1-7-8(5-20)16-11(22)17-10(7)21/h2-3H,1,4-6H2,(H2,16,17,21,22). The van der Waals surface area contributed by atoms with Gasteiger partial charge in [-0.2, -0.15) is 22.6 Å². The number of fused-ring (bicyclic) bond motifs is 1. The number of H-pyrrole nitrogens is 2. The van der Waals surface area contributed by atoms with Crippen LogP contribution in [0.1, 0.15) is 11.3 Å². The highest BCUT2D eigenvalue weighted by molar-refractivity contribution is 7.89. The predicted octanol–water partition coefficient (Wildman–Crippen LogP) is -0.431. The molecule has 0 amide bonds. The van der Waals surface area contributed by atoms with E-state index in [1.807, 2.05) is 0 Å². The van der Waals surface area contributed by atoms with Gasteiger partial charge in [-0.3, -0.25) is 14.5 Å². The number of alkyl halides is 3. The summed E-state index contributed by atoms with van der Waals surface area (Å²) in [4.78, 5) is 27.4. The lowest BCUT2D eigenvalue weighted by Gasteiger charge is -2.26. The first-order valence-corrected chi connectivity index (χ1v) is 8.45. The van der Waals surface area contributed by atoms with Crippen LogP contribution in [-0.4, -0.2) is 45.2 Å². The lowest BCUT2D eigenvalue weighted by Crippen LogP contribution is -2.41. The normalized spacial score (nSPS) is 16.0. The average Bonchev–Trinajstić information content (AvgIpc) is 2.93. The first kappa shape index (κ1) is 17.4. The molecule has 0 unspecified atom stereocenters. The number of aromatic nitrogens is 4. The molecule has 2 N–H and O–H groups in total. The minimum Gasteiger partial charge on any atom is -0.310 e. The van der Waals surface area contributed by atoms with Crippen LogP contribution in [0.4, 0.5) is 13.2 Å². The van der Waals surface area contributed by atoms with Crippen LogP contribution in [0.5, 0.6) is 0 Å². The highest BCUT2D eigenvalue weighted by Crippen LogP contribution is 2.22. The number of hydrogen-bond acceptors (Lipinski definition) is 5. The second-order valence-corrected chi connectivity index (χ2v) is 7.31. The monoisotopic (exact) mass is 379 g/mol. The average molecular weight is 379 g/mol. The quantitative estimate of drug-likeness (QED) is 0.750. The Balaban J connectivity index is 1.89. The van der Waals surface area contributed by atoms with Gasteiger partial charge < -0.3 is 4.98 Å². The van der Waals surface area contributed by atoms with Gasteiger partial charge in [-0.25, -0.2) is 13.2 Å². The van der Waals surface area contributed by atoms with Gasteiger partial charge in [0.25, 0.3) is 15.6 Å². The van der Waals surface area contributed by atoms with Gasteiger partial charge in [-0.05, 0) is 12.5 Å².